The van der Waals surface area contributed by atoms with E-state index in [4.69, 9.17) is 10.3 Å². The van der Waals surface area contributed by atoms with Crippen LogP contribution in [0.1, 0.15) is 43.1 Å². The maximum atomic E-state index is 6.33. The number of hydrogen-bond acceptors (Lipinski definition) is 6. The van der Waals surface area contributed by atoms with E-state index < -0.39 is 5.54 Å². The van der Waals surface area contributed by atoms with Crippen LogP contribution in [0.25, 0.3) is 4.96 Å². The van der Waals surface area contributed by atoms with Gasteiger partial charge in [-0.05, 0) is 12.8 Å². The van der Waals surface area contributed by atoms with Crippen LogP contribution in [-0.2, 0) is 12.0 Å². The molecule has 0 spiro atoms. The lowest BCUT2D eigenvalue weighted by Gasteiger charge is -2.17. The maximum Gasteiger partial charge on any atom is 0.232 e. The molecule has 1 aliphatic rings. The maximum absolute atomic E-state index is 6.33. The van der Waals surface area contributed by atoms with Crippen molar-refractivity contribution in [3.8, 4) is 0 Å². The van der Waals surface area contributed by atoms with Gasteiger partial charge in [0.05, 0.1) is 17.7 Å². The molecule has 6 nitrogen and oxygen atoms in total. The van der Waals surface area contributed by atoms with Gasteiger partial charge in [0, 0.05) is 17.8 Å². The molecule has 1 saturated carbocycles. The highest BCUT2D eigenvalue weighted by Gasteiger charge is 2.35. The number of imidazole rings is 1. The quantitative estimate of drug-likeness (QED) is 0.800. The largest absolute Gasteiger partial charge is 0.339 e. The van der Waals surface area contributed by atoms with Gasteiger partial charge < -0.3 is 10.3 Å². The zero-order valence-corrected chi connectivity index (χ0v) is 13.0. The molecule has 0 saturated heterocycles. The molecule has 2 N–H and O–H groups in total. The molecule has 1 aliphatic carbocycles. The number of fused-ring (bicyclic) bond motifs is 1. The Hall–Kier alpha value is -1.44. The smallest absolute Gasteiger partial charge is 0.232 e. The van der Waals surface area contributed by atoms with Crippen molar-refractivity contribution in [1.82, 2.24) is 19.5 Å². The third-order valence-electron chi connectivity index (χ3n) is 3.88. The zero-order valence-electron chi connectivity index (χ0n) is 11.4. The summed E-state index contributed by atoms with van der Waals surface area (Å²) in [4.78, 5) is 9.96. The Morgan fingerprint density at radius 3 is 2.90 bits per heavy atom. The van der Waals surface area contributed by atoms with Gasteiger partial charge in [0.2, 0.25) is 5.89 Å². The number of nitrogens with two attached hydrogens (primary N) is 1. The number of nitrogens with zero attached hydrogens (tertiary/aromatic N) is 4. The van der Waals surface area contributed by atoms with Crippen LogP contribution in [0, 0.1) is 0 Å². The normalized spacial score (nSPS) is 17.2. The molecule has 0 aromatic carbocycles. The Labute approximate surface area is 131 Å². The van der Waals surface area contributed by atoms with Crippen LogP contribution in [0.2, 0.25) is 0 Å². The van der Waals surface area contributed by atoms with Crippen LogP contribution < -0.4 is 5.73 Å². The van der Waals surface area contributed by atoms with Crippen molar-refractivity contribution in [2.24, 2.45) is 5.73 Å². The SMILES string of the molecule is Cl.NC1(c2noc(Cc3cn4ccsc4n3)n2)CCCC1. The lowest BCUT2D eigenvalue weighted by atomic mass is 9.99. The Balaban J connectivity index is 0.00000132. The summed E-state index contributed by atoms with van der Waals surface area (Å²) in [5, 5.41) is 6.07. The number of halogens is 1. The Kier molecular flexibility index (Phi) is 3.73. The van der Waals surface area contributed by atoms with Crippen molar-refractivity contribution >= 4 is 28.7 Å². The number of rotatable bonds is 3. The first kappa shape index (κ1) is 14.5. The van der Waals surface area contributed by atoms with Gasteiger partial charge in [0.1, 0.15) is 0 Å². The minimum atomic E-state index is -0.393. The van der Waals surface area contributed by atoms with E-state index >= 15 is 0 Å². The van der Waals surface area contributed by atoms with Gasteiger partial charge in [-0.3, -0.25) is 4.40 Å². The summed E-state index contributed by atoms with van der Waals surface area (Å²) in [6.45, 7) is 0. The van der Waals surface area contributed by atoms with Crippen molar-refractivity contribution in [3.05, 3.63) is 35.2 Å². The summed E-state index contributed by atoms with van der Waals surface area (Å²) >= 11 is 1.61. The highest BCUT2D eigenvalue weighted by molar-refractivity contribution is 7.15. The van der Waals surface area contributed by atoms with Crippen LogP contribution in [0.4, 0.5) is 0 Å². The Morgan fingerprint density at radius 2 is 2.14 bits per heavy atom. The molecule has 0 unspecified atom stereocenters. The second kappa shape index (κ2) is 5.40. The van der Waals surface area contributed by atoms with E-state index in [1.165, 1.54) is 0 Å². The van der Waals surface area contributed by atoms with Gasteiger partial charge in [0.15, 0.2) is 10.8 Å². The molecule has 0 bridgehead atoms. The monoisotopic (exact) mass is 325 g/mol. The molecule has 0 atom stereocenters. The Morgan fingerprint density at radius 1 is 1.33 bits per heavy atom. The van der Waals surface area contributed by atoms with E-state index in [0.717, 1.165) is 36.3 Å². The first-order valence-electron chi connectivity index (χ1n) is 6.76. The Bertz CT molecular complexity index is 714. The molecule has 4 rings (SSSR count). The zero-order chi connectivity index (χ0) is 13.6. The van der Waals surface area contributed by atoms with Crippen molar-refractivity contribution in [2.45, 2.75) is 37.6 Å². The van der Waals surface area contributed by atoms with Crippen LogP contribution >= 0.6 is 23.7 Å². The van der Waals surface area contributed by atoms with Crippen LogP contribution in [0.15, 0.2) is 22.3 Å². The average molecular weight is 326 g/mol. The van der Waals surface area contributed by atoms with Gasteiger partial charge in [-0.25, -0.2) is 4.98 Å². The predicted octanol–water partition coefficient (Wildman–Crippen LogP) is 2.52. The van der Waals surface area contributed by atoms with E-state index in [-0.39, 0.29) is 12.4 Å². The lowest BCUT2D eigenvalue weighted by Crippen LogP contribution is -2.34. The third kappa shape index (κ3) is 2.56. The summed E-state index contributed by atoms with van der Waals surface area (Å²) in [7, 11) is 0. The van der Waals surface area contributed by atoms with Gasteiger partial charge in [-0.15, -0.1) is 23.7 Å². The summed E-state index contributed by atoms with van der Waals surface area (Å²) in [5.41, 5.74) is 6.87. The molecule has 0 aliphatic heterocycles. The van der Waals surface area contributed by atoms with E-state index in [9.17, 15) is 0 Å². The van der Waals surface area contributed by atoms with E-state index in [0.29, 0.717) is 18.1 Å². The highest BCUT2D eigenvalue weighted by Crippen LogP contribution is 2.34. The lowest BCUT2D eigenvalue weighted by molar-refractivity contribution is 0.352. The first-order valence-corrected chi connectivity index (χ1v) is 7.64. The average Bonchev–Trinajstić information content (AvgIpc) is 3.12. The third-order valence-corrected chi connectivity index (χ3v) is 4.66. The number of aromatic nitrogens is 4. The van der Waals surface area contributed by atoms with Gasteiger partial charge in [0.25, 0.3) is 0 Å². The molecule has 3 aromatic rings. The summed E-state index contributed by atoms with van der Waals surface area (Å²) in [6.07, 6.45) is 8.68. The van der Waals surface area contributed by atoms with Gasteiger partial charge in [-0.1, -0.05) is 18.0 Å². The fourth-order valence-corrected chi connectivity index (χ4v) is 3.49. The summed E-state index contributed by atoms with van der Waals surface area (Å²) in [5.74, 6) is 1.23. The van der Waals surface area contributed by atoms with E-state index in [1.807, 2.05) is 22.2 Å². The summed E-state index contributed by atoms with van der Waals surface area (Å²) < 4.78 is 7.33. The standard InChI is InChI=1S/C13H15N5OS.ClH/c14-13(3-1-2-4-13)11-16-10(19-17-11)7-9-8-18-5-6-20-12(18)15-9;/h5-6,8H,1-4,7,14H2;1H. The fourth-order valence-electron chi connectivity index (χ4n) is 2.77. The molecule has 21 heavy (non-hydrogen) atoms. The predicted molar refractivity (Wildman–Crippen MR) is 81.8 cm³/mol. The minimum absolute atomic E-state index is 0. The van der Waals surface area contributed by atoms with Crippen LogP contribution in [0.5, 0.6) is 0 Å². The number of hydrogen-bond donors (Lipinski definition) is 1. The van der Waals surface area contributed by atoms with Gasteiger partial charge in [-0.2, -0.15) is 4.98 Å². The molecule has 3 heterocycles. The molecule has 112 valence electrons. The van der Waals surface area contributed by atoms with Crippen LogP contribution in [-0.4, -0.2) is 19.5 Å². The fraction of sp³-hybridized carbons (Fsp3) is 0.462. The molecule has 0 amide bonds. The molecule has 3 aromatic heterocycles. The van der Waals surface area contributed by atoms with Crippen molar-refractivity contribution in [1.29, 1.82) is 0 Å². The van der Waals surface area contributed by atoms with Crippen LogP contribution in [0.3, 0.4) is 0 Å². The molecular weight excluding hydrogens is 310 g/mol. The molecular formula is C13H16ClN5OS. The topological polar surface area (TPSA) is 82.2 Å². The second-order valence-corrected chi connectivity index (χ2v) is 6.25. The highest BCUT2D eigenvalue weighted by atomic mass is 35.5. The van der Waals surface area contributed by atoms with Crippen molar-refractivity contribution < 1.29 is 4.52 Å². The first-order chi connectivity index (χ1) is 9.73. The van der Waals surface area contributed by atoms with Crippen molar-refractivity contribution in [3.63, 3.8) is 0 Å². The molecule has 8 heteroatoms. The molecule has 0 radical (unpaired) electrons. The van der Waals surface area contributed by atoms with E-state index in [1.54, 1.807) is 11.3 Å². The molecule has 1 fully saturated rings. The number of thiazole rings is 1. The van der Waals surface area contributed by atoms with Crippen molar-refractivity contribution in [2.75, 3.05) is 0 Å². The summed E-state index contributed by atoms with van der Waals surface area (Å²) in [6, 6.07) is 0. The second-order valence-electron chi connectivity index (χ2n) is 5.38. The van der Waals surface area contributed by atoms with Gasteiger partial charge >= 0.3 is 0 Å². The van der Waals surface area contributed by atoms with E-state index in [2.05, 4.69) is 15.1 Å². The minimum Gasteiger partial charge on any atom is -0.339 e.